The first-order valence-electron chi connectivity index (χ1n) is 4.78. The van der Waals surface area contributed by atoms with E-state index in [9.17, 15) is 8.78 Å². The minimum absolute atomic E-state index is 0.192. The van der Waals surface area contributed by atoms with Gasteiger partial charge < -0.3 is 4.74 Å². The van der Waals surface area contributed by atoms with Crippen LogP contribution in [0.25, 0.3) is 0 Å². The first-order chi connectivity index (χ1) is 6.80. The van der Waals surface area contributed by atoms with E-state index in [1.807, 2.05) is 26.8 Å². The van der Waals surface area contributed by atoms with E-state index in [0.717, 1.165) is 5.56 Å². The molecular formula is C11H13F2NO. The zero-order valence-corrected chi connectivity index (χ0v) is 8.90. The summed E-state index contributed by atoms with van der Waals surface area (Å²) in [5.74, 6) is 0.215. The summed E-state index contributed by atoms with van der Waals surface area (Å²) in [6.07, 6.45) is -3.29. The smallest absolute Gasteiger partial charge is 0.413 e. The quantitative estimate of drug-likeness (QED) is 0.667. The number of nitrogens with one attached hydrogen (secondary N) is 1. The minimum Gasteiger partial charge on any atom is -0.413 e. The summed E-state index contributed by atoms with van der Waals surface area (Å²) in [7, 11) is 0. The standard InChI is InChI=1S/C11H13F2NO/c1-10(2,3)7-5-4-6-8-9(7)14-11(12,13)15-8/h4-6,14H,1-3H3. The van der Waals surface area contributed by atoms with Gasteiger partial charge in [0, 0.05) is 0 Å². The highest BCUT2D eigenvalue weighted by atomic mass is 19.3. The molecule has 0 radical (unpaired) electrons. The highest BCUT2D eigenvalue weighted by molar-refractivity contribution is 5.67. The molecule has 1 heterocycles. The van der Waals surface area contributed by atoms with Gasteiger partial charge in [-0.05, 0) is 17.0 Å². The number of hydrogen-bond donors (Lipinski definition) is 1. The Morgan fingerprint density at radius 2 is 1.93 bits per heavy atom. The maximum absolute atomic E-state index is 13.0. The van der Waals surface area contributed by atoms with Gasteiger partial charge in [-0.25, -0.2) is 0 Å². The number of ether oxygens (including phenoxy) is 1. The predicted octanol–water partition coefficient (Wildman–Crippen LogP) is 3.34. The zero-order valence-electron chi connectivity index (χ0n) is 8.90. The van der Waals surface area contributed by atoms with Crippen LogP contribution in [0.4, 0.5) is 14.5 Å². The Morgan fingerprint density at radius 1 is 1.27 bits per heavy atom. The van der Waals surface area contributed by atoms with Crippen molar-refractivity contribution in [3.05, 3.63) is 23.8 Å². The van der Waals surface area contributed by atoms with Crippen LogP contribution < -0.4 is 10.1 Å². The molecule has 2 nitrogen and oxygen atoms in total. The van der Waals surface area contributed by atoms with Crippen molar-refractivity contribution in [3.63, 3.8) is 0 Å². The third-order valence-electron chi connectivity index (χ3n) is 2.34. The van der Waals surface area contributed by atoms with E-state index in [4.69, 9.17) is 0 Å². The van der Waals surface area contributed by atoms with Gasteiger partial charge in [-0.15, -0.1) is 8.78 Å². The van der Waals surface area contributed by atoms with Gasteiger partial charge in [0.2, 0.25) is 0 Å². The normalized spacial score (nSPS) is 17.9. The Morgan fingerprint density at radius 3 is 2.53 bits per heavy atom. The van der Waals surface area contributed by atoms with Gasteiger partial charge in [-0.2, -0.15) is 0 Å². The van der Waals surface area contributed by atoms with Crippen molar-refractivity contribution in [1.82, 2.24) is 0 Å². The van der Waals surface area contributed by atoms with Gasteiger partial charge in [0.25, 0.3) is 0 Å². The molecule has 0 aliphatic carbocycles. The van der Waals surface area contributed by atoms with Crippen molar-refractivity contribution in [1.29, 1.82) is 0 Å². The van der Waals surface area contributed by atoms with E-state index in [1.54, 1.807) is 12.1 Å². The largest absolute Gasteiger partial charge is 0.494 e. The minimum atomic E-state index is -3.29. The van der Waals surface area contributed by atoms with Crippen molar-refractivity contribution < 1.29 is 13.5 Å². The Hall–Kier alpha value is -1.32. The van der Waals surface area contributed by atoms with Crippen molar-refractivity contribution in [3.8, 4) is 5.75 Å². The first kappa shape index (κ1) is 10.2. The molecule has 0 amide bonds. The highest BCUT2D eigenvalue weighted by Crippen LogP contribution is 2.44. The topological polar surface area (TPSA) is 21.3 Å². The van der Waals surface area contributed by atoms with Gasteiger partial charge in [0.05, 0.1) is 5.69 Å². The lowest BCUT2D eigenvalue weighted by Gasteiger charge is -2.21. The molecule has 0 bridgehead atoms. The number of alkyl halides is 2. The van der Waals surface area contributed by atoms with E-state index in [-0.39, 0.29) is 11.2 Å². The first-order valence-corrected chi connectivity index (χ1v) is 4.78. The molecule has 1 aliphatic heterocycles. The molecule has 0 spiro atoms. The van der Waals surface area contributed by atoms with Crippen LogP contribution in [0.1, 0.15) is 26.3 Å². The lowest BCUT2D eigenvalue weighted by Crippen LogP contribution is -2.28. The number of hydrogen-bond acceptors (Lipinski definition) is 2. The Bertz CT molecular complexity index is 396. The summed E-state index contributed by atoms with van der Waals surface area (Å²) in [4.78, 5) is 0. The molecule has 0 fully saturated rings. The van der Waals surface area contributed by atoms with Gasteiger partial charge in [-0.1, -0.05) is 32.9 Å². The van der Waals surface area contributed by atoms with Crippen LogP contribution in [0.15, 0.2) is 18.2 Å². The second kappa shape index (κ2) is 2.84. The van der Waals surface area contributed by atoms with Crippen LogP contribution in [0.2, 0.25) is 0 Å². The van der Waals surface area contributed by atoms with Gasteiger partial charge in [0.1, 0.15) is 0 Å². The molecule has 1 aromatic rings. The van der Waals surface area contributed by atoms with Crippen LogP contribution in [-0.2, 0) is 5.41 Å². The van der Waals surface area contributed by atoms with Crippen molar-refractivity contribution in [2.45, 2.75) is 32.4 Å². The number of para-hydroxylation sites is 1. The molecule has 0 saturated heterocycles. The summed E-state index contributed by atoms with van der Waals surface area (Å²) in [6.45, 7) is 5.92. The molecule has 1 aliphatic rings. The van der Waals surface area contributed by atoms with Gasteiger partial charge in [-0.3, -0.25) is 5.32 Å². The maximum atomic E-state index is 13.0. The molecule has 15 heavy (non-hydrogen) atoms. The maximum Gasteiger partial charge on any atom is 0.494 e. The van der Waals surface area contributed by atoms with E-state index < -0.39 is 6.23 Å². The van der Waals surface area contributed by atoms with E-state index in [0.29, 0.717) is 5.69 Å². The fourth-order valence-electron chi connectivity index (χ4n) is 1.68. The molecule has 0 aromatic heterocycles. The van der Waals surface area contributed by atoms with E-state index >= 15 is 0 Å². The average molecular weight is 213 g/mol. The number of benzene rings is 1. The third kappa shape index (κ3) is 1.76. The van der Waals surface area contributed by atoms with E-state index in [2.05, 4.69) is 10.1 Å². The molecule has 1 N–H and O–H groups in total. The second-order valence-corrected chi connectivity index (χ2v) is 4.67. The molecule has 0 atom stereocenters. The van der Waals surface area contributed by atoms with Crippen molar-refractivity contribution >= 4 is 5.69 Å². The molecule has 0 unspecified atom stereocenters. The fourth-order valence-corrected chi connectivity index (χ4v) is 1.68. The van der Waals surface area contributed by atoms with Crippen LogP contribution in [0, 0.1) is 0 Å². The summed E-state index contributed by atoms with van der Waals surface area (Å²) >= 11 is 0. The van der Waals surface area contributed by atoms with E-state index in [1.165, 1.54) is 0 Å². The number of fused-ring (bicyclic) bond motifs is 1. The monoisotopic (exact) mass is 213 g/mol. The van der Waals surface area contributed by atoms with Gasteiger partial charge in [0.15, 0.2) is 5.75 Å². The Balaban J connectivity index is 2.51. The van der Waals surface area contributed by atoms with Crippen molar-refractivity contribution in [2.75, 3.05) is 5.32 Å². The number of halogens is 2. The van der Waals surface area contributed by atoms with Crippen LogP contribution in [0.5, 0.6) is 5.75 Å². The number of rotatable bonds is 0. The molecule has 2 rings (SSSR count). The summed E-state index contributed by atoms with van der Waals surface area (Å²) in [5.41, 5.74) is 1.04. The average Bonchev–Trinajstić information content (AvgIpc) is 2.35. The lowest BCUT2D eigenvalue weighted by molar-refractivity contribution is -0.138. The van der Waals surface area contributed by atoms with Crippen LogP contribution in [0.3, 0.4) is 0 Å². The predicted molar refractivity (Wildman–Crippen MR) is 54.3 cm³/mol. The Labute approximate surface area is 87.2 Å². The molecular weight excluding hydrogens is 200 g/mol. The van der Waals surface area contributed by atoms with Gasteiger partial charge >= 0.3 is 6.23 Å². The highest BCUT2D eigenvalue weighted by Gasteiger charge is 2.41. The second-order valence-electron chi connectivity index (χ2n) is 4.67. The van der Waals surface area contributed by atoms with Crippen LogP contribution in [-0.4, -0.2) is 6.23 Å². The molecule has 0 saturated carbocycles. The van der Waals surface area contributed by atoms with Crippen LogP contribution >= 0.6 is 0 Å². The molecule has 1 aromatic carbocycles. The van der Waals surface area contributed by atoms with Crippen molar-refractivity contribution in [2.24, 2.45) is 0 Å². The third-order valence-corrected chi connectivity index (χ3v) is 2.34. The fraction of sp³-hybridized carbons (Fsp3) is 0.455. The summed E-state index contributed by atoms with van der Waals surface area (Å²) in [5, 5.41) is 2.09. The molecule has 82 valence electrons. The summed E-state index contributed by atoms with van der Waals surface area (Å²) in [6, 6.07) is 5.09. The number of anilines is 1. The lowest BCUT2D eigenvalue weighted by atomic mass is 9.85. The molecule has 4 heteroatoms. The SMILES string of the molecule is CC(C)(C)c1cccc2c1NC(F)(F)O2. The Kier molecular flexibility index (Phi) is 1.93. The zero-order chi connectivity index (χ0) is 11.3. The summed E-state index contributed by atoms with van der Waals surface area (Å²) < 4.78 is 30.4.